The normalized spacial score (nSPS) is 21.5. The van der Waals surface area contributed by atoms with E-state index in [9.17, 15) is 9.18 Å². The summed E-state index contributed by atoms with van der Waals surface area (Å²) in [4.78, 5) is 11.5. The van der Waals surface area contributed by atoms with Crippen molar-refractivity contribution in [3.05, 3.63) is 53.8 Å². The largest absolute Gasteiger partial charge is 0.488 e. The van der Waals surface area contributed by atoms with Crippen LogP contribution in [0, 0.1) is 11.2 Å². The Morgan fingerprint density at radius 2 is 1.56 bits per heavy atom. The summed E-state index contributed by atoms with van der Waals surface area (Å²) in [7, 11) is 0. The minimum atomic E-state index is -0.295. The van der Waals surface area contributed by atoms with E-state index in [1.54, 1.807) is 6.07 Å². The van der Waals surface area contributed by atoms with Gasteiger partial charge in [0.15, 0.2) is 0 Å². The van der Waals surface area contributed by atoms with Crippen molar-refractivity contribution < 1.29 is 28.1 Å². The molecular weight excluding hydrogens is 545 g/mol. The van der Waals surface area contributed by atoms with E-state index in [1.165, 1.54) is 19.1 Å². The molecule has 0 radical (unpaired) electrons. The quantitative estimate of drug-likeness (QED) is 0.177. The van der Waals surface area contributed by atoms with Crippen molar-refractivity contribution in [2.24, 2.45) is 5.41 Å². The number of unbranched alkanes of at least 4 members (excludes halogenated alkanes) is 3. The zero-order valence-electron chi connectivity index (χ0n) is 27.3. The van der Waals surface area contributed by atoms with Crippen LogP contribution in [-0.2, 0) is 25.4 Å². The number of hydrogen-bond donors (Lipinski definition) is 1. The molecule has 0 unspecified atom stereocenters. The Balaban J connectivity index is 1.96. The molecule has 2 aromatic rings. The second kappa shape index (κ2) is 17.7. The lowest BCUT2D eigenvalue weighted by Gasteiger charge is -2.50. The monoisotopic (exact) mass is 599 g/mol. The highest BCUT2D eigenvalue weighted by atomic mass is 19.1. The minimum Gasteiger partial charge on any atom is -0.488 e. The van der Waals surface area contributed by atoms with Crippen LogP contribution < -0.4 is 10.1 Å². The first-order valence-electron chi connectivity index (χ1n) is 16.3. The molecule has 240 valence electrons. The van der Waals surface area contributed by atoms with Crippen LogP contribution in [0.1, 0.15) is 92.1 Å². The van der Waals surface area contributed by atoms with Gasteiger partial charge in [-0.3, -0.25) is 4.79 Å². The highest BCUT2D eigenvalue weighted by molar-refractivity contribution is 5.73. The SMILES string of the molecule is CCCCO[C@@H]1[C@H](OCCCC)[C@@H](OCCCC)C(C)(C)C[C@H]1Oc1ccc(CCNC(C)=O)c(-c2cccc(F)c2)c1. The molecule has 0 bridgehead atoms. The Morgan fingerprint density at radius 1 is 0.907 bits per heavy atom. The Labute approximate surface area is 259 Å². The van der Waals surface area contributed by atoms with E-state index >= 15 is 0 Å². The zero-order valence-corrected chi connectivity index (χ0v) is 27.3. The smallest absolute Gasteiger partial charge is 0.216 e. The van der Waals surface area contributed by atoms with Gasteiger partial charge < -0.3 is 24.3 Å². The molecule has 1 saturated carbocycles. The number of carbonyl (C=O) groups excluding carboxylic acids is 1. The Kier molecular flexibility index (Phi) is 14.4. The number of amides is 1. The van der Waals surface area contributed by atoms with Gasteiger partial charge in [-0.25, -0.2) is 4.39 Å². The molecule has 2 aromatic carbocycles. The van der Waals surface area contributed by atoms with Gasteiger partial charge in [-0.05, 0) is 78.5 Å². The fourth-order valence-corrected chi connectivity index (χ4v) is 5.79. The van der Waals surface area contributed by atoms with Gasteiger partial charge in [0.05, 0.1) is 6.10 Å². The lowest BCUT2D eigenvalue weighted by atomic mass is 9.70. The molecule has 0 saturated heterocycles. The second-order valence-electron chi connectivity index (χ2n) is 12.4. The summed E-state index contributed by atoms with van der Waals surface area (Å²) in [5.74, 6) is 0.329. The molecule has 1 aliphatic rings. The fourth-order valence-electron chi connectivity index (χ4n) is 5.79. The summed E-state index contributed by atoms with van der Waals surface area (Å²) in [5, 5.41) is 2.86. The molecule has 4 atom stereocenters. The van der Waals surface area contributed by atoms with Crippen molar-refractivity contribution in [2.45, 2.75) is 117 Å². The Hall–Kier alpha value is -2.48. The average Bonchev–Trinajstić information content (AvgIpc) is 2.96. The third-order valence-corrected chi connectivity index (χ3v) is 8.17. The van der Waals surface area contributed by atoms with Gasteiger partial charge in [-0.1, -0.05) is 72.1 Å². The maximum atomic E-state index is 14.3. The summed E-state index contributed by atoms with van der Waals surface area (Å²) >= 11 is 0. The highest BCUT2D eigenvalue weighted by Crippen LogP contribution is 2.43. The van der Waals surface area contributed by atoms with Gasteiger partial charge in [-0.15, -0.1) is 0 Å². The molecule has 0 aromatic heterocycles. The van der Waals surface area contributed by atoms with Gasteiger partial charge in [-0.2, -0.15) is 0 Å². The third-order valence-electron chi connectivity index (χ3n) is 8.17. The lowest BCUT2D eigenvalue weighted by molar-refractivity contribution is -0.223. The van der Waals surface area contributed by atoms with Crippen LogP contribution in [0.3, 0.4) is 0 Å². The van der Waals surface area contributed by atoms with Crippen molar-refractivity contribution in [1.82, 2.24) is 5.32 Å². The number of ether oxygens (including phenoxy) is 4. The molecule has 1 N–H and O–H groups in total. The molecule has 3 rings (SSSR count). The van der Waals surface area contributed by atoms with Crippen LogP contribution in [0.4, 0.5) is 4.39 Å². The molecule has 7 heteroatoms. The van der Waals surface area contributed by atoms with Crippen molar-refractivity contribution in [1.29, 1.82) is 0 Å². The van der Waals surface area contributed by atoms with E-state index in [-0.39, 0.29) is 41.6 Å². The van der Waals surface area contributed by atoms with Gasteiger partial charge in [0, 0.05) is 33.3 Å². The van der Waals surface area contributed by atoms with Gasteiger partial charge >= 0.3 is 0 Å². The number of nitrogens with one attached hydrogen (secondary N) is 1. The van der Waals surface area contributed by atoms with E-state index in [4.69, 9.17) is 18.9 Å². The van der Waals surface area contributed by atoms with E-state index in [0.717, 1.165) is 61.6 Å². The molecule has 0 aliphatic heterocycles. The number of benzene rings is 2. The summed E-state index contributed by atoms with van der Waals surface area (Å²) in [5.41, 5.74) is 2.46. The first-order valence-corrected chi connectivity index (χ1v) is 16.3. The van der Waals surface area contributed by atoms with Crippen molar-refractivity contribution in [3.8, 4) is 16.9 Å². The third kappa shape index (κ3) is 10.6. The molecule has 1 amide bonds. The number of carbonyl (C=O) groups is 1. The molecule has 1 aliphatic carbocycles. The number of rotatable bonds is 18. The van der Waals surface area contributed by atoms with Crippen LogP contribution in [0.5, 0.6) is 5.75 Å². The van der Waals surface area contributed by atoms with Crippen molar-refractivity contribution in [3.63, 3.8) is 0 Å². The summed E-state index contributed by atoms with van der Waals surface area (Å²) in [6.07, 6.45) is 6.56. The molecule has 6 nitrogen and oxygen atoms in total. The topological polar surface area (TPSA) is 66.0 Å². The van der Waals surface area contributed by atoms with E-state index < -0.39 is 0 Å². The average molecular weight is 600 g/mol. The van der Waals surface area contributed by atoms with Crippen LogP contribution in [0.15, 0.2) is 42.5 Å². The van der Waals surface area contributed by atoms with Gasteiger partial charge in [0.25, 0.3) is 0 Å². The Morgan fingerprint density at radius 3 is 2.19 bits per heavy atom. The lowest BCUT2D eigenvalue weighted by Crippen LogP contribution is -2.61. The van der Waals surface area contributed by atoms with Gasteiger partial charge in [0.1, 0.15) is 29.9 Å². The minimum absolute atomic E-state index is 0.0750. The molecular formula is C36H54FNO5. The predicted molar refractivity (Wildman–Crippen MR) is 171 cm³/mol. The number of halogens is 1. The van der Waals surface area contributed by atoms with Crippen molar-refractivity contribution >= 4 is 5.91 Å². The first kappa shape index (κ1) is 35.0. The number of hydrogen-bond acceptors (Lipinski definition) is 5. The second-order valence-corrected chi connectivity index (χ2v) is 12.4. The van der Waals surface area contributed by atoms with Gasteiger partial charge in [0.2, 0.25) is 5.91 Å². The van der Waals surface area contributed by atoms with Crippen molar-refractivity contribution in [2.75, 3.05) is 26.4 Å². The summed E-state index contributed by atoms with van der Waals surface area (Å²) < 4.78 is 40.8. The highest BCUT2D eigenvalue weighted by Gasteiger charge is 2.52. The molecule has 1 fully saturated rings. The van der Waals surface area contributed by atoms with Crippen LogP contribution in [-0.4, -0.2) is 56.7 Å². The van der Waals surface area contributed by atoms with E-state index in [0.29, 0.717) is 38.5 Å². The van der Waals surface area contributed by atoms with E-state index in [2.05, 4.69) is 39.9 Å². The molecule has 43 heavy (non-hydrogen) atoms. The summed E-state index contributed by atoms with van der Waals surface area (Å²) in [6.45, 7) is 15.0. The molecule has 0 heterocycles. The standard InChI is InChI=1S/C36H54FNO5/c1-7-10-20-40-33-32(25-36(5,6)35(42-22-12-9-3)34(33)41-21-11-8-2)43-30-17-16-27(18-19-38-26(4)39)31(24-30)28-14-13-15-29(37)23-28/h13-17,23-24,32-35H,7-12,18-22,25H2,1-6H3,(H,38,39)/t32-,33+,34+,35-/m1/s1. The van der Waals surface area contributed by atoms with Crippen LogP contribution in [0.2, 0.25) is 0 Å². The zero-order chi connectivity index (χ0) is 31.2. The Bertz CT molecular complexity index is 1120. The van der Waals surface area contributed by atoms with Crippen LogP contribution in [0.25, 0.3) is 11.1 Å². The maximum absolute atomic E-state index is 14.3. The maximum Gasteiger partial charge on any atom is 0.216 e. The predicted octanol–water partition coefficient (Wildman–Crippen LogP) is 7.90. The molecule has 0 spiro atoms. The van der Waals surface area contributed by atoms with Crippen LogP contribution >= 0.6 is 0 Å². The first-order chi connectivity index (χ1) is 20.7. The summed E-state index contributed by atoms with van der Waals surface area (Å²) in [6, 6.07) is 12.6. The fraction of sp³-hybridized carbons (Fsp3) is 0.639. The van der Waals surface area contributed by atoms with E-state index in [1.807, 2.05) is 24.3 Å².